The molecule has 21 heavy (non-hydrogen) atoms. The van der Waals surface area contributed by atoms with Crippen LogP contribution in [0.5, 0.6) is 0 Å². The monoisotopic (exact) mass is 307 g/mol. The van der Waals surface area contributed by atoms with E-state index in [0.717, 1.165) is 31.1 Å². The summed E-state index contributed by atoms with van der Waals surface area (Å²) in [7, 11) is 0. The molecule has 0 atom stereocenters. The minimum Gasteiger partial charge on any atom is -0.378 e. The molecule has 0 spiro atoms. The minimum atomic E-state index is 0.486. The zero-order chi connectivity index (χ0) is 14.9. The lowest BCUT2D eigenvalue weighted by Crippen LogP contribution is -2.30. The van der Waals surface area contributed by atoms with E-state index < -0.39 is 0 Å². The van der Waals surface area contributed by atoms with Crippen LogP contribution in [0, 0.1) is 6.92 Å². The maximum Gasteiger partial charge on any atom is 0.171 e. The number of aromatic nitrogens is 1. The summed E-state index contributed by atoms with van der Waals surface area (Å²) in [5.74, 6) is 0.783. The van der Waals surface area contributed by atoms with Gasteiger partial charge in [0.2, 0.25) is 0 Å². The van der Waals surface area contributed by atoms with E-state index in [9.17, 15) is 0 Å². The standard InChI is InChI=1S/C16H25N3OS/c1-13-7-5-10-15(18-13)19-16(21)17-11-6-12-20-14-8-3-2-4-9-14/h5,7,10,14H,2-4,6,8-9,11-12H2,1H3,(H2,17,18,19,21). The fraction of sp³-hybridized carbons (Fsp3) is 0.625. The lowest BCUT2D eigenvalue weighted by atomic mass is 9.98. The van der Waals surface area contributed by atoms with Crippen molar-refractivity contribution in [2.24, 2.45) is 0 Å². The molecule has 0 saturated heterocycles. The third kappa shape index (κ3) is 6.40. The number of ether oxygens (including phenoxy) is 1. The molecule has 1 aromatic rings. The first kappa shape index (κ1) is 16.2. The van der Waals surface area contributed by atoms with E-state index in [4.69, 9.17) is 17.0 Å². The van der Waals surface area contributed by atoms with Gasteiger partial charge in [-0.15, -0.1) is 0 Å². The summed E-state index contributed by atoms with van der Waals surface area (Å²) in [5.41, 5.74) is 0.976. The van der Waals surface area contributed by atoms with Gasteiger partial charge in [0.05, 0.1) is 6.10 Å². The van der Waals surface area contributed by atoms with Gasteiger partial charge in [-0.05, 0) is 50.5 Å². The second-order valence-electron chi connectivity index (χ2n) is 5.53. The largest absolute Gasteiger partial charge is 0.378 e. The van der Waals surface area contributed by atoms with Crippen molar-refractivity contribution in [3.63, 3.8) is 0 Å². The zero-order valence-electron chi connectivity index (χ0n) is 12.7. The fourth-order valence-corrected chi connectivity index (χ4v) is 2.74. The summed E-state index contributed by atoms with van der Waals surface area (Å²) in [4.78, 5) is 4.36. The Labute approximate surface area is 132 Å². The second kappa shape index (κ2) is 8.95. The van der Waals surface area contributed by atoms with Gasteiger partial charge in [-0.3, -0.25) is 0 Å². The first-order chi connectivity index (χ1) is 10.2. The van der Waals surface area contributed by atoms with Crippen LogP contribution >= 0.6 is 12.2 Å². The quantitative estimate of drug-likeness (QED) is 0.623. The molecule has 1 aliphatic rings. The van der Waals surface area contributed by atoms with Crippen molar-refractivity contribution in [2.45, 2.75) is 51.6 Å². The number of thiocarbonyl (C=S) groups is 1. The molecular formula is C16H25N3OS. The Kier molecular flexibility index (Phi) is 6.89. The normalized spacial score (nSPS) is 15.7. The Bertz CT molecular complexity index is 447. The van der Waals surface area contributed by atoms with E-state index in [1.165, 1.54) is 32.1 Å². The highest BCUT2D eigenvalue weighted by atomic mass is 32.1. The molecule has 0 radical (unpaired) electrons. The van der Waals surface area contributed by atoms with E-state index in [2.05, 4.69) is 15.6 Å². The van der Waals surface area contributed by atoms with Crippen LogP contribution < -0.4 is 10.6 Å². The zero-order valence-corrected chi connectivity index (χ0v) is 13.5. The van der Waals surface area contributed by atoms with Crippen LogP contribution in [-0.4, -0.2) is 29.4 Å². The lowest BCUT2D eigenvalue weighted by molar-refractivity contribution is 0.0277. The summed E-state index contributed by atoms with van der Waals surface area (Å²) in [6.07, 6.45) is 7.92. The van der Waals surface area contributed by atoms with E-state index in [1.807, 2.05) is 25.1 Å². The molecule has 116 valence electrons. The molecule has 0 unspecified atom stereocenters. The van der Waals surface area contributed by atoms with Crippen LogP contribution in [-0.2, 0) is 4.74 Å². The molecule has 2 N–H and O–H groups in total. The van der Waals surface area contributed by atoms with Crippen LogP contribution in [0.4, 0.5) is 5.82 Å². The van der Waals surface area contributed by atoms with Crippen LogP contribution in [0.1, 0.15) is 44.2 Å². The van der Waals surface area contributed by atoms with Gasteiger partial charge in [0.1, 0.15) is 5.82 Å². The first-order valence-corrected chi connectivity index (χ1v) is 8.25. The first-order valence-electron chi connectivity index (χ1n) is 7.84. The van der Waals surface area contributed by atoms with E-state index in [1.54, 1.807) is 0 Å². The molecule has 0 amide bonds. The molecule has 5 heteroatoms. The minimum absolute atomic E-state index is 0.486. The van der Waals surface area contributed by atoms with Crippen molar-refractivity contribution in [1.29, 1.82) is 0 Å². The van der Waals surface area contributed by atoms with Crippen LogP contribution in [0.2, 0.25) is 0 Å². The number of nitrogens with zero attached hydrogens (tertiary/aromatic N) is 1. The summed E-state index contributed by atoms with van der Waals surface area (Å²) < 4.78 is 5.88. The number of anilines is 1. The molecule has 0 aliphatic heterocycles. The molecule has 2 rings (SSSR count). The van der Waals surface area contributed by atoms with Crippen molar-refractivity contribution in [3.8, 4) is 0 Å². The molecular weight excluding hydrogens is 282 g/mol. The third-order valence-corrected chi connectivity index (χ3v) is 3.89. The summed E-state index contributed by atoms with van der Waals surface area (Å²) in [6.45, 7) is 3.59. The van der Waals surface area contributed by atoms with Gasteiger partial charge in [-0.1, -0.05) is 25.3 Å². The Morgan fingerprint density at radius 3 is 2.90 bits per heavy atom. The molecule has 1 fully saturated rings. The Morgan fingerprint density at radius 2 is 2.14 bits per heavy atom. The van der Waals surface area contributed by atoms with Gasteiger partial charge in [-0.2, -0.15) is 0 Å². The van der Waals surface area contributed by atoms with Crippen molar-refractivity contribution < 1.29 is 4.74 Å². The van der Waals surface area contributed by atoms with Gasteiger partial charge in [0.15, 0.2) is 5.11 Å². The molecule has 1 aromatic heterocycles. The Balaban J connectivity index is 1.54. The highest BCUT2D eigenvalue weighted by Gasteiger charge is 2.12. The number of aryl methyl sites for hydroxylation is 1. The van der Waals surface area contributed by atoms with Crippen LogP contribution in [0.25, 0.3) is 0 Å². The third-order valence-electron chi connectivity index (χ3n) is 3.64. The van der Waals surface area contributed by atoms with Crippen molar-refractivity contribution in [3.05, 3.63) is 23.9 Å². The topological polar surface area (TPSA) is 46.2 Å². The number of hydrogen-bond acceptors (Lipinski definition) is 3. The van der Waals surface area contributed by atoms with E-state index in [0.29, 0.717) is 11.2 Å². The maximum absolute atomic E-state index is 5.88. The SMILES string of the molecule is Cc1cccc(NC(=S)NCCCOC2CCCCC2)n1. The van der Waals surface area contributed by atoms with Crippen molar-refractivity contribution in [1.82, 2.24) is 10.3 Å². The molecule has 1 heterocycles. The Hall–Kier alpha value is -1.20. The Morgan fingerprint density at radius 1 is 1.33 bits per heavy atom. The molecule has 1 saturated carbocycles. The highest BCUT2D eigenvalue weighted by Crippen LogP contribution is 2.20. The summed E-state index contributed by atoms with van der Waals surface area (Å²) >= 11 is 5.25. The number of pyridine rings is 1. The maximum atomic E-state index is 5.88. The number of hydrogen-bond donors (Lipinski definition) is 2. The predicted octanol–water partition coefficient (Wildman–Crippen LogP) is 3.42. The average molecular weight is 307 g/mol. The van der Waals surface area contributed by atoms with Gasteiger partial charge < -0.3 is 15.4 Å². The van der Waals surface area contributed by atoms with Crippen LogP contribution in [0.15, 0.2) is 18.2 Å². The molecule has 4 nitrogen and oxygen atoms in total. The van der Waals surface area contributed by atoms with E-state index in [-0.39, 0.29) is 0 Å². The van der Waals surface area contributed by atoms with E-state index >= 15 is 0 Å². The summed E-state index contributed by atoms with van der Waals surface area (Å²) in [5, 5.41) is 6.90. The summed E-state index contributed by atoms with van der Waals surface area (Å²) in [6, 6.07) is 5.84. The van der Waals surface area contributed by atoms with Crippen molar-refractivity contribution in [2.75, 3.05) is 18.5 Å². The molecule has 0 aromatic carbocycles. The molecule has 1 aliphatic carbocycles. The van der Waals surface area contributed by atoms with Gasteiger partial charge in [0.25, 0.3) is 0 Å². The predicted molar refractivity (Wildman–Crippen MR) is 90.6 cm³/mol. The second-order valence-corrected chi connectivity index (χ2v) is 5.94. The average Bonchev–Trinajstić information content (AvgIpc) is 2.48. The van der Waals surface area contributed by atoms with Gasteiger partial charge in [-0.25, -0.2) is 4.98 Å². The van der Waals surface area contributed by atoms with Crippen molar-refractivity contribution >= 4 is 23.1 Å². The van der Waals surface area contributed by atoms with Crippen LogP contribution in [0.3, 0.4) is 0 Å². The van der Waals surface area contributed by atoms with Gasteiger partial charge in [0, 0.05) is 18.8 Å². The smallest absolute Gasteiger partial charge is 0.171 e. The fourth-order valence-electron chi connectivity index (χ4n) is 2.53. The highest BCUT2D eigenvalue weighted by molar-refractivity contribution is 7.80. The number of rotatable bonds is 6. The molecule has 0 bridgehead atoms. The number of nitrogens with one attached hydrogen (secondary N) is 2. The lowest BCUT2D eigenvalue weighted by Gasteiger charge is -2.22. The van der Waals surface area contributed by atoms with Gasteiger partial charge >= 0.3 is 0 Å².